The van der Waals surface area contributed by atoms with Crippen LogP contribution in [0.5, 0.6) is 0 Å². The molecule has 0 saturated heterocycles. The molecule has 31 heavy (non-hydrogen) atoms. The molecule has 176 valence electrons. The molecule has 0 aromatic carbocycles. The number of carbonyl (C=O) groups excluding carboxylic acids is 1. The minimum atomic E-state index is -0.332. The first-order valence-electron chi connectivity index (χ1n) is 12.6. The Morgan fingerprint density at radius 1 is 1.23 bits per heavy atom. The highest BCUT2D eigenvalue weighted by atomic mass is 16.6. The Morgan fingerprint density at radius 2 is 2.00 bits per heavy atom. The monoisotopic (exact) mass is 433 g/mol. The fourth-order valence-electron chi connectivity index (χ4n) is 8.29. The third kappa shape index (κ3) is 3.94. The number of hydrogen-bond donors (Lipinski definition) is 2. The summed E-state index contributed by atoms with van der Waals surface area (Å²) in [4.78, 5) is 13.6. The van der Waals surface area contributed by atoms with E-state index in [1.54, 1.807) is 7.05 Å². The Kier molecular flexibility index (Phi) is 6.48. The van der Waals surface area contributed by atoms with E-state index in [0.717, 1.165) is 37.0 Å². The lowest BCUT2D eigenvalue weighted by Gasteiger charge is -2.58. The first-order valence-corrected chi connectivity index (χ1v) is 12.6. The lowest BCUT2D eigenvalue weighted by atomic mass is 9.47. The number of fused-ring (bicyclic) bond motifs is 5. The zero-order chi connectivity index (χ0) is 22.4. The molecule has 3 saturated carbocycles. The second kappa shape index (κ2) is 8.70. The molecule has 0 aliphatic heterocycles. The highest BCUT2D eigenvalue weighted by Crippen LogP contribution is 2.67. The molecule has 1 amide bonds. The highest BCUT2D eigenvalue weighted by molar-refractivity contribution is 5.67. The Hall–Kier alpha value is -1.07. The molecular formula is C26H43NO4. The average molecular weight is 434 g/mol. The van der Waals surface area contributed by atoms with Gasteiger partial charge in [0.25, 0.3) is 0 Å². The van der Waals surface area contributed by atoms with Crippen LogP contribution < -0.4 is 0 Å². The van der Waals surface area contributed by atoms with Crippen molar-refractivity contribution < 1.29 is 19.7 Å². The molecule has 5 nitrogen and oxygen atoms in total. The predicted octanol–water partition coefficient (Wildman–Crippen LogP) is 4.62. The topological polar surface area (TPSA) is 70.0 Å². The van der Waals surface area contributed by atoms with Gasteiger partial charge in [0.05, 0.1) is 19.3 Å². The Bertz CT molecular complexity index is 708. The summed E-state index contributed by atoms with van der Waals surface area (Å²) in [6.45, 7) is 8.00. The minimum Gasteiger partial charge on any atom is -0.449 e. The summed E-state index contributed by atoms with van der Waals surface area (Å²) < 4.78 is 5.60. The summed E-state index contributed by atoms with van der Waals surface area (Å²) >= 11 is 0. The van der Waals surface area contributed by atoms with Gasteiger partial charge in [-0.25, -0.2) is 4.79 Å². The van der Waals surface area contributed by atoms with Gasteiger partial charge in [0.2, 0.25) is 0 Å². The molecule has 4 aliphatic carbocycles. The molecular weight excluding hydrogens is 390 g/mol. The van der Waals surface area contributed by atoms with Crippen LogP contribution in [0, 0.1) is 40.4 Å². The molecule has 4 rings (SSSR count). The Labute approximate surface area is 188 Å². The van der Waals surface area contributed by atoms with Gasteiger partial charge in [-0.15, -0.1) is 0 Å². The van der Waals surface area contributed by atoms with Gasteiger partial charge in [-0.3, -0.25) is 0 Å². The number of hydrogen-bond acceptors (Lipinski definition) is 4. The van der Waals surface area contributed by atoms with Gasteiger partial charge in [0.1, 0.15) is 0 Å². The number of aliphatic hydroxyl groups excluding tert-OH is 2. The third-order valence-corrected chi connectivity index (χ3v) is 10.1. The van der Waals surface area contributed by atoms with E-state index in [1.165, 1.54) is 42.6 Å². The first kappa shape index (κ1) is 23.1. The number of nitrogens with zero attached hydrogens (tertiary/aromatic N) is 1. The third-order valence-electron chi connectivity index (χ3n) is 10.1. The molecule has 0 radical (unpaired) electrons. The molecule has 0 unspecified atom stereocenters. The van der Waals surface area contributed by atoms with Gasteiger partial charge < -0.3 is 19.8 Å². The standard InChI is InChI=1S/C26H43NO4/c1-17(16-31-24(30)27(4)13-14-28)21-7-8-22-20-6-5-18-15-19(29)9-11-25(18,2)23(20)10-12-26(21,22)3/h5,17,19-23,28-29H,6-16H2,1-4H3/t17-,19+,20+,21-,22+,23+,25+,26-/m1/s1. The van der Waals surface area contributed by atoms with Crippen LogP contribution >= 0.6 is 0 Å². The highest BCUT2D eigenvalue weighted by Gasteiger charge is 2.59. The second-order valence-corrected chi connectivity index (χ2v) is 11.6. The largest absolute Gasteiger partial charge is 0.449 e. The minimum absolute atomic E-state index is 0.0415. The summed E-state index contributed by atoms with van der Waals surface area (Å²) in [7, 11) is 1.67. The van der Waals surface area contributed by atoms with Gasteiger partial charge in [-0.1, -0.05) is 32.4 Å². The van der Waals surface area contributed by atoms with Crippen LogP contribution in [0.2, 0.25) is 0 Å². The molecule has 4 aliphatic rings. The Morgan fingerprint density at radius 3 is 2.74 bits per heavy atom. The fourth-order valence-corrected chi connectivity index (χ4v) is 8.29. The summed E-state index contributed by atoms with van der Waals surface area (Å²) in [5, 5.41) is 19.2. The molecule has 0 spiro atoms. The lowest BCUT2D eigenvalue weighted by molar-refractivity contribution is -0.0607. The van der Waals surface area contributed by atoms with Crippen molar-refractivity contribution in [3.63, 3.8) is 0 Å². The molecule has 5 heteroatoms. The number of amides is 1. The van der Waals surface area contributed by atoms with Crippen LogP contribution in [0.4, 0.5) is 4.79 Å². The molecule has 0 aromatic rings. The maximum Gasteiger partial charge on any atom is 0.409 e. The summed E-state index contributed by atoms with van der Waals surface area (Å²) in [6.07, 6.45) is 11.3. The van der Waals surface area contributed by atoms with Gasteiger partial charge in [-0.05, 0) is 91.8 Å². The SMILES string of the molecule is C[C@H](COC(=O)N(C)CCO)[C@H]1CC[C@H]2[C@@H]3CC=C4C[C@@H](O)CC[C@]4(C)[C@H]3CC[C@]12C. The molecule has 8 atom stereocenters. The molecule has 2 N–H and O–H groups in total. The van der Waals surface area contributed by atoms with Crippen LogP contribution in [0.1, 0.15) is 72.1 Å². The normalized spacial score (nSPS) is 42.6. The van der Waals surface area contributed by atoms with Crippen molar-refractivity contribution >= 4 is 6.09 Å². The zero-order valence-electron chi connectivity index (χ0n) is 20.0. The Balaban J connectivity index is 1.44. The van der Waals surface area contributed by atoms with Crippen LogP contribution in [0.15, 0.2) is 11.6 Å². The van der Waals surface area contributed by atoms with Crippen LogP contribution in [0.25, 0.3) is 0 Å². The van der Waals surface area contributed by atoms with E-state index in [1.807, 2.05) is 0 Å². The van der Waals surface area contributed by atoms with E-state index in [9.17, 15) is 9.90 Å². The molecule has 0 heterocycles. The van der Waals surface area contributed by atoms with Crippen molar-refractivity contribution in [2.45, 2.75) is 78.2 Å². The van der Waals surface area contributed by atoms with E-state index in [2.05, 4.69) is 26.8 Å². The van der Waals surface area contributed by atoms with Crippen molar-refractivity contribution in [1.82, 2.24) is 4.90 Å². The molecule has 3 fully saturated rings. The number of ether oxygens (including phenoxy) is 1. The number of carbonyl (C=O) groups is 1. The van der Waals surface area contributed by atoms with Crippen molar-refractivity contribution in [2.24, 2.45) is 40.4 Å². The van der Waals surface area contributed by atoms with Crippen LogP contribution in [-0.2, 0) is 4.74 Å². The van der Waals surface area contributed by atoms with Crippen molar-refractivity contribution in [2.75, 3.05) is 26.8 Å². The zero-order valence-corrected chi connectivity index (χ0v) is 20.0. The van der Waals surface area contributed by atoms with Gasteiger partial charge in [0.15, 0.2) is 0 Å². The molecule has 0 aromatic heterocycles. The van der Waals surface area contributed by atoms with Crippen LogP contribution in [0.3, 0.4) is 0 Å². The number of rotatable bonds is 5. The second-order valence-electron chi connectivity index (χ2n) is 11.6. The van der Waals surface area contributed by atoms with E-state index < -0.39 is 0 Å². The first-order chi connectivity index (χ1) is 14.7. The van der Waals surface area contributed by atoms with Gasteiger partial charge in [-0.2, -0.15) is 0 Å². The number of likely N-dealkylation sites (N-methyl/N-ethyl adjacent to an activating group) is 1. The number of allylic oxidation sites excluding steroid dienone is 1. The van der Waals surface area contributed by atoms with Crippen molar-refractivity contribution in [3.05, 3.63) is 11.6 Å². The van der Waals surface area contributed by atoms with E-state index >= 15 is 0 Å². The summed E-state index contributed by atoms with van der Waals surface area (Å²) in [5.41, 5.74) is 2.16. The van der Waals surface area contributed by atoms with Crippen molar-refractivity contribution in [1.29, 1.82) is 0 Å². The summed E-state index contributed by atoms with van der Waals surface area (Å²) in [6, 6.07) is 0. The maximum atomic E-state index is 12.2. The van der Waals surface area contributed by atoms with E-state index in [0.29, 0.717) is 35.8 Å². The average Bonchev–Trinajstić information content (AvgIpc) is 3.09. The van der Waals surface area contributed by atoms with Gasteiger partial charge >= 0.3 is 6.09 Å². The smallest absolute Gasteiger partial charge is 0.409 e. The lowest BCUT2D eigenvalue weighted by Crippen LogP contribution is -2.51. The van der Waals surface area contributed by atoms with Gasteiger partial charge in [0, 0.05) is 13.6 Å². The van der Waals surface area contributed by atoms with Crippen molar-refractivity contribution in [3.8, 4) is 0 Å². The summed E-state index contributed by atoms with van der Waals surface area (Å²) in [5.74, 6) is 3.23. The molecule has 0 bridgehead atoms. The maximum absolute atomic E-state index is 12.2. The quantitative estimate of drug-likeness (QED) is 0.621. The van der Waals surface area contributed by atoms with E-state index in [-0.39, 0.29) is 18.8 Å². The van der Waals surface area contributed by atoms with E-state index in [4.69, 9.17) is 9.84 Å². The van der Waals surface area contributed by atoms with Crippen LogP contribution in [-0.4, -0.2) is 54.1 Å². The number of aliphatic hydroxyl groups is 2. The fraction of sp³-hybridized carbons (Fsp3) is 0.885. The predicted molar refractivity (Wildman–Crippen MR) is 121 cm³/mol.